The predicted molar refractivity (Wildman–Crippen MR) is 81.6 cm³/mol. The number of pyridine rings is 1. The molecule has 6 nitrogen and oxygen atoms in total. The molecular formula is C14H16ClN5O. The first-order valence-corrected chi connectivity index (χ1v) is 7.20. The zero-order chi connectivity index (χ0) is 14.5. The van der Waals surface area contributed by atoms with E-state index in [0.29, 0.717) is 30.9 Å². The zero-order valence-corrected chi connectivity index (χ0v) is 12.3. The van der Waals surface area contributed by atoms with Crippen molar-refractivity contribution >= 4 is 23.4 Å². The van der Waals surface area contributed by atoms with Crippen molar-refractivity contribution in [2.45, 2.75) is 6.54 Å². The van der Waals surface area contributed by atoms with E-state index in [2.05, 4.69) is 25.2 Å². The van der Waals surface area contributed by atoms with Gasteiger partial charge in [0, 0.05) is 25.4 Å². The minimum atomic E-state index is 0.426. The lowest BCUT2D eigenvalue weighted by Crippen LogP contribution is -2.36. The van der Waals surface area contributed by atoms with Crippen molar-refractivity contribution in [3.63, 3.8) is 0 Å². The molecule has 0 radical (unpaired) electrons. The van der Waals surface area contributed by atoms with Crippen LogP contribution in [0.25, 0.3) is 0 Å². The second kappa shape index (κ2) is 6.69. The Hall–Kier alpha value is -1.92. The number of morpholine rings is 1. The summed E-state index contributed by atoms with van der Waals surface area (Å²) in [5.74, 6) is 1.33. The molecule has 0 saturated carbocycles. The average molecular weight is 306 g/mol. The highest BCUT2D eigenvalue weighted by Crippen LogP contribution is 2.19. The standard InChI is InChI=1S/C14H16ClN5O/c15-12-9-13(20-5-7-21-8-6-20)19-14(18-12)17-10-11-3-1-2-4-16-11/h1-4,9H,5-8,10H2,(H,17,18,19). The fraction of sp³-hybridized carbons (Fsp3) is 0.357. The van der Waals surface area contributed by atoms with Crippen LogP contribution in [-0.4, -0.2) is 41.3 Å². The highest BCUT2D eigenvalue weighted by atomic mass is 35.5. The molecule has 2 aromatic heterocycles. The van der Waals surface area contributed by atoms with Gasteiger partial charge in [0.05, 0.1) is 25.5 Å². The van der Waals surface area contributed by atoms with Gasteiger partial charge in [0.15, 0.2) is 0 Å². The van der Waals surface area contributed by atoms with Gasteiger partial charge in [-0.3, -0.25) is 4.98 Å². The van der Waals surface area contributed by atoms with E-state index in [4.69, 9.17) is 16.3 Å². The van der Waals surface area contributed by atoms with Gasteiger partial charge in [0.25, 0.3) is 0 Å². The first-order valence-electron chi connectivity index (χ1n) is 6.82. The Morgan fingerprint density at radius 3 is 2.86 bits per heavy atom. The largest absolute Gasteiger partial charge is 0.378 e. The fourth-order valence-corrected chi connectivity index (χ4v) is 2.29. The summed E-state index contributed by atoms with van der Waals surface area (Å²) in [6.07, 6.45) is 1.76. The molecule has 0 aromatic carbocycles. The lowest BCUT2D eigenvalue weighted by molar-refractivity contribution is 0.122. The molecule has 1 aliphatic heterocycles. The van der Waals surface area contributed by atoms with E-state index in [1.807, 2.05) is 18.2 Å². The van der Waals surface area contributed by atoms with E-state index in [0.717, 1.165) is 24.6 Å². The first-order chi connectivity index (χ1) is 10.3. The Kier molecular flexibility index (Phi) is 4.47. The molecule has 110 valence electrons. The van der Waals surface area contributed by atoms with Crippen LogP contribution in [0.1, 0.15) is 5.69 Å². The maximum Gasteiger partial charge on any atom is 0.226 e. The first kappa shape index (κ1) is 14.0. The summed E-state index contributed by atoms with van der Waals surface area (Å²) in [7, 11) is 0. The van der Waals surface area contributed by atoms with Crippen LogP contribution >= 0.6 is 11.6 Å². The number of anilines is 2. The van der Waals surface area contributed by atoms with E-state index < -0.39 is 0 Å². The third-order valence-electron chi connectivity index (χ3n) is 3.17. The molecule has 1 aliphatic rings. The Labute approximate surface area is 128 Å². The minimum Gasteiger partial charge on any atom is -0.378 e. The van der Waals surface area contributed by atoms with Crippen LogP contribution in [0.5, 0.6) is 0 Å². The number of rotatable bonds is 4. The number of hydrogen-bond acceptors (Lipinski definition) is 6. The van der Waals surface area contributed by atoms with Crippen molar-refractivity contribution in [2.24, 2.45) is 0 Å². The highest BCUT2D eigenvalue weighted by molar-refractivity contribution is 6.29. The van der Waals surface area contributed by atoms with Crippen molar-refractivity contribution in [3.05, 3.63) is 41.3 Å². The zero-order valence-electron chi connectivity index (χ0n) is 11.5. The van der Waals surface area contributed by atoms with Gasteiger partial charge in [-0.1, -0.05) is 17.7 Å². The van der Waals surface area contributed by atoms with Gasteiger partial charge in [-0.2, -0.15) is 4.98 Å². The van der Waals surface area contributed by atoms with Crippen LogP contribution in [0.2, 0.25) is 5.15 Å². The number of nitrogens with one attached hydrogen (secondary N) is 1. The van der Waals surface area contributed by atoms with Crippen LogP contribution in [0.3, 0.4) is 0 Å². The second-order valence-corrected chi connectivity index (χ2v) is 5.03. The van der Waals surface area contributed by atoms with Crippen LogP contribution in [0.4, 0.5) is 11.8 Å². The summed E-state index contributed by atoms with van der Waals surface area (Å²) in [6.45, 7) is 3.60. The van der Waals surface area contributed by atoms with E-state index >= 15 is 0 Å². The molecule has 1 saturated heterocycles. The van der Waals surface area contributed by atoms with Gasteiger partial charge in [-0.15, -0.1) is 0 Å². The van der Waals surface area contributed by atoms with Gasteiger partial charge in [-0.25, -0.2) is 4.98 Å². The maximum absolute atomic E-state index is 6.09. The van der Waals surface area contributed by atoms with Crippen LogP contribution < -0.4 is 10.2 Å². The molecule has 3 rings (SSSR count). The molecule has 21 heavy (non-hydrogen) atoms. The van der Waals surface area contributed by atoms with Crippen LogP contribution in [-0.2, 0) is 11.3 Å². The summed E-state index contributed by atoms with van der Waals surface area (Å²) in [4.78, 5) is 15.1. The van der Waals surface area contributed by atoms with Crippen molar-refractivity contribution in [3.8, 4) is 0 Å². The number of nitrogens with zero attached hydrogens (tertiary/aromatic N) is 4. The van der Waals surface area contributed by atoms with E-state index in [1.54, 1.807) is 12.3 Å². The highest BCUT2D eigenvalue weighted by Gasteiger charge is 2.14. The van der Waals surface area contributed by atoms with Gasteiger partial charge < -0.3 is 15.0 Å². The lowest BCUT2D eigenvalue weighted by atomic mass is 10.3. The molecule has 0 atom stereocenters. The van der Waals surface area contributed by atoms with Gasteiger partial charge >= 0.3 is 0 Å². The summed E-state index contributed by atoms with van der Waals surface area (Å²) >= 11 is 6.09. The smallest absolute Gasteiger partial charge is 0.226 e. The van der Waals surface area contributed by atoms with Gasteiger partial charge in [0.1, 0.15) is 11.0 Å². The molecule has 0 unspecified atom stereocenters. The minimum absolute atomic E-state index is 0.426. The summed E-state index contributed by atoms with van der Waals surface area (Å²) in [5, 5.41) is 3.58. The van der Waals surface area contributed by atoms with Crippen molar-refractivity contribution in [1.29, 1.82) is 0 Å². The van der Waals surface area contributed by atoms with Crippen LogP contribution in [0, 0.1) is 0 Å². The number of hydrogen-bond donors (Lipinski definition) is 1. The van der Waals surface area contributed by atoms with E-state index in [9.17, 15) is 0 Å². The Balaban J connectivity index is 1.71. The number of aromatic nitrogens is 3. The molecule has 0 spiro atoms. The Morgan fingerprint density at radius 1 is 1.24 bits per heavy atom. The Morgan fingerprint density at radius 2 is 2.10 bits per heavy atom. The van der Waals surface area contributed by atoms with E-state index in [-0.39, 0.29) is 0 Å². The fourth-order valence-electron chi connectivity index (χ4n) is 2.11. The maximum atomic E-state index is 6.09. The molecule has 2 aromatic rings. The summed E-state index contributed by atoms with van der Waals surface area (Å²) in [6, 6.07) is 7.55. The lowest BCUT2D eigenvalue weighted by Gasteiger charge is -2.28. The third-order valence-corrected chi connectivity index (χ3v) is 3.36. The number of ether oxygens (including phenoxy) is 1. The van der Waals surface area contributed by atoms with E-state index in [1.165, 1.54) is 0 Å². The van der Waals surface area contributed by atoms with Crippen molar-refractivity contribution < 1.29 is 4.74 Å². The monoisotopic (exact) mass is 305 g/mol. The molecule has 7 heteroatoms. The molecule has 0 amide bonds. The summed E-state index contributed by atoms with van der Waals surface area (Å²) in [5.41, 5.74) is 0.925. The molecule has 0 bridgehead atoms. The quantitative estimate of drug-likeness (QED) is 0.871. The number of halogens is 1. The van der Waals surface area contributed by atoms with Crippen LogP contribution in [0.15, 0.2) is 30.5 Å². The topological polar surface area (TPSA) is 63.2 Å². The SMILES string of the molecule is Clc1cc(N2CCOCC2)nc(NCc2ccccn2)n1. The Bertz CT molecular complexity index is 589. The van der Waals surface area contributed by atoms with Crippen molar-refractivity contribution in [1.82, 2.24) is 15.0 Å². The molecule has 1 fully saturated rings. The van der Waals surface area contributed by atoms with Gasteiger partial charge in [0.2, 0.25) is 5.95 Å². The molecule has 1 N–H and O–H groups in total. The molecule has 3 heterocycles. The predicted octanol–water partition coefficient (Wildman–Crippen LogP) is 1.97. The third kappa shape index (κ3) is 3.80. The normalized spacial score (nSPS) is 15.0. The molecular weight excluding hydrogens is 290 g/mol. The summed E-state index contributed by atoms with van der Waals surface area (Å²) < 4.78 is 5.35. The van der Waals surface area contributed by atoms with Gasteiger partial charge in [-0.05, 0) is 12.1 Å². The second-order valence-electron chi connectivity index (χ2n) is 4.65. The average Bonchev–Trinajstić information content (AvgIpc) is 2.54. The molecule has 0 aliphatic carbocycles. The van der Waals surface area contributed by atoms with Crippen molar-refractivity contribution in [2.75, 3.05) is 36.5 Å².